The molecule has 1 saturated heterocycles. The lowest BCUT2D eigenvalue weighted by Crippen LogP contribution is -2.46. The first kappa shape index (κ1) is 20.3. The van der Waals surface area contributed by atoms with Crippen molar-refractivity contribution in [2.45, 2.75) is 19.4 Å². The first-order valence-corrected chi connectivity index (χ1v) is 10.3. The van der Waals surface area contributed by atoms with Crippen molar-refractivity contribution < 1.29 is 4.39 Å². The Morgan fingerprint density at radius 2 is 1.60 bits per heavy atom. The summed E-state index contributed by atoms with van der Waals surface area (Å²) in [5, 5.41) is 0. The Balaban J connectivity index is 1.29. The normalized spacial score (nSPS) is 15.2. The molecular weight excluding hydrogens is 387 g/mol. The minimum absolute atomic E-state index is 0.205. The highest BCUT2D eigenvalue weighted by atomic mass is 19.1. The second-order valence-electron chi connectivity index (χ2n) is 7.83. The number of anilines is 1. The van der Waals surface area contributed by atoms with Gasteiger partial charge in [0.25, 0.3) is 5.56 Å². The monoisotopic (exact) mass is 414 g/mol. The van der Waals surface area contributed by atoms with Crippen LogP contribution in [-0.2, 0) is 20.6 Å². The Labute approximate surface area is 173 Å². The average Bonchev–Trinajstić information content (AvgIpc) is 3.19. The van der Waals surface area contributed by atoms with Crippen LogP contribution in [0.2, 0.25) is 0 Å². The highest BCUT2D eigenvalue weighted by Gasteiger charge is 2.17. The van der Waals surface area contributed by atoms with Crippen LogP contribution < -0.4 is 16.1 Å². The third-order valence-electron chi connectivity index (χ3n) is 5.90. The number of unbranched alkanes of at least 4 members (excludes halogenated alkanes) is 1. The summed E-state index contributed by atoms with van der Waals surface area (Å²) >= 11 is 0. The largest absolute Gasteiger partial charge is 0.369 e. The number of nitrogens with zero attached hydrogens (tertiary/aromatic N) is 6. The molecule has 9 heteroatoms. The molecule has 0 spiro atoms. The molecule has 0 radical (unpaired) electrons. The van der Waals surface area contributed by atoms with Gasteiger partial charge < -0.3 is 9.47 Å². The van der Waals surface area contributed by atoms with Crippen molar-refractivity contribution in [3.63, 3.8) is 0 Å². The number of halogens is 1. The maximum Gasteiger partial charge on any atom is 0.332 e. The third kappa shape index (κ3) is 3.89. The van der Waals surface area contributed by atoms with Gasteiger partial charge in [-0.05, 0) is 43.7 Å². The number of imidazole rings is 1. The van der Waals surface area contributed by atoms with E-state index >= 15 is 0 Å². The second-order valence-corrected chi connectivity index (χ2v) is 7.83. The summed E-state index contributed by atoms with van der Waals surface area (Å²) in [6, 6.07) is 6.68. The fraction of sp³-hybridized carbons (Fsp3) is 0.476. The standard InChI is InChI=1S/C21H27FN6O2/c1-24-19-18(20(29)25(2)21(24)30)28(15-23-19)10-4-3-9-26-11-13-27(14-12-26)17-7-5-16(22)6-8-17/h5-8,15H,3-4,9-14H2,1-2H3. The lowest BCUT2D eigenvalue weighted by molar-refractivity contribution is 0.251. The molecule has 0 aliphatic carbocycles. The summed E-state index contributed by atoms with van der Waals surface area (Å²) in [6.45, 7) is 5.52. The van der Waals surface area contributed by atoms with Crippen molar-refractivity contribution >= 4 is 16.9 Å². The third-order valence-corrected chi connectivity index (χ3v) is 5.90. The summed E-state index contributed by atoms with van der Waals surface area (Å²) in [5.74, 6) is -0.205. The zero-order chi connectivity index (χ0) is 21.3. The van der Waals surface area contributed by atoms with Gasteiger partial charge in [0.1, 0.15) is 5.82 Å². The zero-order valence-electron chi connectivity index (χ0n) is 17.4. The van der Waals surface area contributed by atoms with Gasteiger partial charge in [0.15, 0.2) is 11.2 Å². The van der Waals surface area contributed by atoms with Gasteiger partial charge in [-0.25, -0.2) is 14.2 Å². The molecule has 4 rings (SSSR count). The smallest absolute Gasteiger partial charge is 0.332 e. The number of aromatic nitrogens is 4. The molecule has 30 heavy (non-hydrogen) atoms. The van der Waals surface area contributed by atoms with Gasteiger partial charge >= 0.3 is 5.69 Å². The van der Waals surface area contributed by atoms with Crippen LogP contribution in [0.4, 0.5) is 10.1 Å². The van der Waals surface area contributed by atoms with Gasteiger partial charge in [-0.1, -0.05) is 0 Å². The molecule has 3 heterocycles. The first-order valence-electron chi connectivity index (χ1n) is 10.3. The molecule has 3 aromatic rings. The van der Waals surface area contributed by atoms with Crippen molar-refractivity contribution in [1.82, 2.24) is 23.6 Å². The Morgan fingerprint density at radius 3 is 2.30 bits per heavy atom. The molecule has 1 aromatic carbocycles. The molecule has 0 atom stereocenters. The van der Waals surface area contributed by atoms with E-state index in [-0.39, 0.29) is 17.1 Å². The van der Waals surface area contributed by atoms with Crippen LogP contribution in [0.15, 0.2) is 40.2 Å². The fourth-order valence-electron chi connectivity index (χ4n) is 4.07. The quantitative estimate of drug-likeness (QED) is 0.567. The van der Waals surface area contributed by atoms with Crippen LogP contribution >= 0.6 is 0 Å². The van der Waals surface area contributed by atoms with Crippen molar-refractivity contribution in [1.29, 1.82) is 0 Å². The predicted molar refractivity (Wildman–Crippen MR) is 115 cm³/mol. The van der Waals surface area contributed by atoms with Gasteiger partial charge in [-0.15, -0.1) is 0 Å². The predicted octanol–water partition coefficient (Wildman–Crippen LogP) is 1.18. The van der Waals surface area contributed by atoms with E-state index in [0.29, 0.717) is 17.7 Å². The molecule has 1 aliphatic rings. The van der Waals surface area contributed by atoms with Gasteiger partial charge in [-0.3, -0.25) is 18.8 Å². The van der Waals surface area contributed by atoms with Gasteiger partial charge in [0.2, 0.25) is 0 Å². The van der Waals surface area contributed by atoms with Crippen molar-refractivity contribution in [3.8, 4) is 0 Å². The fourth-order valence-corrected chi connectivity index (χ4v) is 4.07. The molecule has 8 nitrogen and oxygen atoms in total. The highest BCUT2D eigenvalue weighted by molar-refractivity contribution is 5.69. The van der Waals surface area contributed by atoms with E-state index in [1.807, 2.05) is 16.7 Å². The summed E-state index contributed by atoms with van der Waals surface area (Å²) in [4.78, 5) is 33.5. The molecule has 2 aromatic heterocycles. The summed E-state index contributed by atoms with van der Waals surface area (Å²) in [7, 11) is 3.13. The van der Waals surface area contributed by atoms with Crippen LogP contribution in [0.1, 0.15) is 12.8 Å². The van der Waals surface area contributed by atoms with E-state index < -0.39 is 0 Å². The topological polar surface area (TPSA) is 68.3 Å². The van der Waals surface area contributed by atoms with Gasteiger partial charge in [0.05, 0.1) is 6.33 Å². The molecule has 1 fully saturated rings. The van der Waals surface area contributed by atoms with Gasteiger partial charge in [0, 0.05) is 52.5 Å². The number of fused-ring (bicyclic) bond motifs is 1. The first-order chi connectivity index (χ1) is 14.5. The van der Waals surface area contributed by atoms with E-state index in [2.05, 4.69) is 14.8 Å². The van der Waals surface area contributed by atoms with Crippen molar-refractivity contribution in [3.05, 3.63) is 57.2 Å². The molecule has 0 amide bonds. The lowest BCUT2D eigenvalue weighted by Gasteiger charge is -2.36. The zero-order valence-corrected chi connectivity index (χ0v) is 17.4. The number of hydrogen-bond acceptors (Lipinski definition) is 5. The van der Waals surface area contributed by atoms with E-state index in [9.17, 15) is 14.0 Å². The maximum atomic E-state index is 13.1. The average molecular weight is 414 g/mol. The molecule has 1 aliphatic heterocycles. The highest BCUT2D eigenvalue weighted by Crippen LogP contribution is 2.17. The minimum atomic E-state index is -0.363. The lowest BCUT2D eigenvalue weighted by atomic mass is 10.2. The number of piperazine rings is 1. The van der Waals surface area contributed by atoms with Crippen molar-refractivity contribution in [2.75, 3.05) is 37.6 Å². The maximum absolute atomic E-state index is 13.1. The van der Waals surface area contributed by atoms with Gasteiger partial charge in [-0.2, -0.15) is 0 Å². The van der Waals surface area contributed by atoms with Crippen LogP contribution in [0.25, 0.3) is 11.2 Å². The van der Waals surface area contributed by atoms with E-state index in [0.717, 1.165) is 55.8 Å². The molecule has 0 N–H and O–H groups in total. The number of rotatable bonds is 6. The number of hydrogen-bond donors (Lipinski definition) is 0. The molecule has 160 valence electrons. The van der Waals surface area contributed by atoms with Crippen LogP contribution in [-0.4, -0.2) is 56.3 Å². The molecule has 0 bridgehead atoms. The van der Waals surface area contributed by atoms with Crippen LogP contribution in [0.5, 0.6) is 0 Å². The van der Waals surface area contributed by atoms with Crippen molar-refractivity contribution in [2.24, 2.45) is 14.1 Å². The minimum Gasteiger partial charge on any atom is -0.369 e. The Kier molecular flexibility index (Phi) is 5.72. The van der Waals surface area contributed by atoms with Crippen LogP contribution in [0.3, 0.4) is 0 Å². The second kappa shape index (κ2) is 8.43. The SMILES string of the molecule is Cn1c(=O)c2c(ncn2CCCCN2CCN(c3ccc(F)cc3)CC2)n(C)c1=O. The number of aryl methyl sites for hydroxylation is 2. The Bertz CT molecular complexity index is 1140. The Morgan fingerprint density at radius 1 is 0.933 bits per heavy atom. The van der Waals surface area contributed by atoms with E-state index in [1.54, 1.807) is 13.4 Å². The summed E-state index contributed by atoms with van der Waals surface area (Å²) in [5.41, 5.74) is 1.31. The van der Waals surface area contributed by atoms with E-state index in [4.69, 9.17) is 0 Å². The number of benzene rings is 1. The Hall–Kier alpha value is -2.94. The molecular formula is C21H27FN6O2. The summed E-state index contributed by atoms with van der Waals surface area (Å²) in [6.07, 6.45) is 3.59. The molecule has 0 unspecified atom stereocenters. The molecule has 0 saturated carbocycles. The van der Waals surface area contributed by atoms with Crippen LogP contribution in [0, 0.1) is 5.82 Å². The van der Waals surface area contributed by atoms with E-state index in [1.165, 1.54) is 23.7 Å². The summed E-state index contributed by atoms with van der Waals surface area (Å²) < 4.78 is 17.5.